The van der Waals surface area contributed by atoms with Crippen LogP contribution in [-0.2, 0) is 14.9 Å². The standard InChI is InChI=1S/C18H22N2O3/c1-20-14-7-8-15(20)10-16(9-14)23-17(22)18(11-19,12-21)13-5-3-2-4-6-13/h2-6,14-16,21H,7-10,12H2,1H3. The number of nitriles is 1. The number of hydrogen-bond acceptors (Lipinski definition) is 5. The van der Waals surface area contributed by atoms with E-state index < -0.39 is 18.0 Å². The maximum atomic E-state index is 12.7. The Bertz CT molecular complexity index is 598. The molecule has 5 nitrogen and oxygen atoms in total. The number of piperidine rings is 1. The van der Waals surface area contributed by atoms with E-state index >= 15 is 0 Å². The smallest absolute Gasteiger partial charge is 0.333 e. The van der Waals surface area contributed by atoms with E-state index in [1.54, 1.807) is 24.3 Å². The molecule has 2 fully saturated rings. The van der Waals surface area contributed by atoms with Gasteiger partial charge in [-0.25, -0.2) is 4.79 Å². The molecule has 3 unspecified atom stereocenters. The second kappa shape index (κ2) is 6.31. The average molecular weight is 314 g/mol. The van der Waals surface area contributed by atoms with Crippen LogP contribution in [0.5, 0.6) is 0 Å². The maximum Gasteiger partial charge on any atom is 0.333 e. The molecule has 1 N–H and O–H groups in total. The maximum absolute atomic E-state index is 12.7. The lowest BCUT2D eigenvalue weighted by molar-refractivity contribution is -0.158. The van der Waals surface area contributed by atoms with Crippen LogP contribution in [0.1, 0.15) is 31.2 Å². The summed E-state index contributed by atoms with van der Waals surface area (Å²) >= 11 is 0. The third kappa shape index (κ3) is 2.73. The fourth-order valence-corrected chi connectivity index (χ4v) is 3.85. The number of ether oxygens (including phenoxy) is 1. The highest BCUT2D eigenvalue weighted by molar-refractivity contribution is 5.87. The number of aliphatic hydroxyl groups excluding tert-OH is 1. The Morgan fingerprint density at radius 1 is 1.35 bits per heavy atom. The van der Waals surface area contributed by atoms with Gasteiger partial charge in [0.2, 0.25) is 5.41 Å². The molecule has 0 aromatic heterocycles. The first kappa shape index (κ1) is 16.0. The Morgan fingerprint density at radius 3 is 2.48 bits per heavy atom. The topological polar surface area (TPSA) is 73.6 Å². The molecule has 0 amide bonds. The number of carbonyl (C=O) groups excluding carboxylic acids is 1. The van der Waals surface area contributed by atoms with Crippen molar-refractivity contribution in [3.05, 3.63) is 35.9 Å². The molecule has 3 atom stereocenters. The molecule has 2 heterocycles. The first-order valence-electron chi connectivity index (χ1n) is 8.11. The molecule has 5 heteroatoms. The van der Waals surface area contributed by atoms with E-state index in [1.807, 2.05) is 12.1 Å². The van der Waals surface area contributed by atoms with Crippen molar-refractivity contribution in [1.82, 2.24) is 4.90 Å². The number of esters is 1. The van der Waals surface area contributed by atoms with E-state index in [9.17, 15) is 15.2 Å². The molecule has 0 radical (unpaired) electrons. The van der Waals surface area contributed by atoms with Crippen molar-refractivity contribution in [2.75, 3.05) is 13.7 Å². The van der Waals surface area contributed by atoms with Crippen LogP contribution in [-0.4, -0.2) is 47.8 Å². The number of hydrogen-bond donors (Lipinski definition) is 1. The molecular formula is C18H22N2O3. The fraction of sp³-hybridized carbons (Fsp3) is 0.556. The van der Waals surface area contributed by atoms with Gasteiger partial charge in [-0.2, -0.15) is 5.26 Å². The molecule has 2 saturated heterocycles. The predicted molar refractivity (Wildman–Crippen MR) is 84.5 cm³/mol. The van der Waals surface area contributed by atoms with Gasteiger partial charge in [0.25, 0.3) is 0 Å². The zero-order valence-electron chi connectivity index (χ0n) is 13.3. The van der Waals surface area contributed by atoms with Gasteiger partial charge in [-0.15, -0.1) is 0 Å². The SMILES string of the molecule is CN1C2CCC1CC(OC(=O)C(C#N)(CO)c1ccccc1)C2. The van der Waals surface area contributed by atoms with Crippen LogP contribution in [0.25, 0.3) is 0 Å². The summed E-state index contributed by atoms with van der Waals surface area (Å²) in [7, 11) is 2.12. The minimum atomic E-state index is -1.64. The molecule has 122 valence electrons. The summed E-state index contributed by atoms with van der Waals surface area (Å²) < 4.78 is 5.67. The summed E-state index contributed by atoms with van der Waals surface area (Å²) in [6, 6.07) is 11.6. The third-order valence-electron chi connectivity index (χ3n) is 5.37. The van der Waals surface area contributed by atoms with Gasteiger partial charge >= 0.3 is 5.97 Å². The summed E-state index contributed by atoms with van der Waals surface area (Å²) in [5.74, 6) is -0.636. The van der Waals surface area contributed by atoms with Gasteiger partial charge in [0.1, 0.15) is 6.10 Å². The van der Waals surface area contributed by atoms with Crippen LogP contribution < -0.4 is 0 Å². The van der Waals surface area contributed by atoms with Crippen molar-refractivity contribution in [2.24, 2.45) is 0 Å². The Labute approximate surface area is 136 Å². The lowest BCUT2D eigenvalue weighted by Crippen LogP contribution is -2.47. The van der Waals surface area contributed by atoms with Crippen molar-refractivity contribution >= 4 is 5.97 Å². The highest BCUT2D eigenvalue weighted by atomic mass is 16.5. The second-order valence-corrected chi connectivity index (χ2v) is 6.59. The lowest BCUT2D eigenvalue weighted by atomic mass is 9.82. The summed E-state index contributed by atoms with van der Waals surface area (Å²) in [6.45, 7) is -0.578. The zero-order valence-corrected chi connectivity index (χ0v) is 13.3. The monoisotopic (exact) mass is 314 g/mol. The first-order valence-corrected chi connectivity index (χ1v) is 8.11. The number of benzene rings is 1. The van der Waals surface area contributed by atoms with Crippen molar-refractivity contribution in [1.29, 1.82) is 5.26 Å². The molecule has 3 rings (SSSR count). The first-order chi connectivity index (χ1) is 11.1. The summed E-state index contributed by atoms with van der Waals surface area (Å²) in [5, 5.41) is 19.3. The molecule has 1 aromatic rings. The van der Waals surface area contributed by atoms with Crippen LogP contribution in [0.3, 0.4) is 0 Å². The van der Waals surface area contributed by atoms with E-state index in [-0.39, 0.29) is 6.10 Å². The number of nitrogens with zero attached hydrogens (tertiary/aromatic N) is 2. The van der Waals surface area contributed by atoms with Gasteiger partial charge in [0.05, 0.1) is 12.7 Å². The van der Waals surface area contributed by atoms with Gasteiger partial charge in [0, 0.05) is 12.1 Å². The molecular weight excluding hydrogens is 292 g/mol. The molecule has 0 saturated carbocycles. The Kier molecular flexibility index (Phi) is 4.38. The number of rotatable bonds is 4. The van der Waals surface area contributed by atoms with Crippen molar-refractivity contribution in [3.8, 4) is 6.07 Å². The van der Waals surface area contributed by atoms with Crippen LogP contribution in [0, 0.1) is 11.3 Å². The van der Waals surface area contributed by atoms with Gasteiger partial charge in [-0.05, 0) is 38.3 Å². The summed E-state index contributed by atoms with van der Waals surface area (Å²) in [4.78, 5) is 15.1. The molecule has 2 bridgehead atoms. The molecule has 0 aliphatic carbocycles. The quantitative estimate of drug-likeness (QED) is 0.855. The van der Waals surface area contributed by atoms with E-state index in [2.05, 4.69) is 11.9 Å². The highest BCUT2D eigenvalue weighted by Crippen LogP contribution is 2.36. The van der Waals surface area contributed by atoms with Crippen LogP contribution in [0.2, 0.25) is 0 Å². The molecule has 0 spiro atoms. The second-order valence-electron chi connectivity index (χ2n) is 6.59. The van der Waals surface area contributed by atoms with Crippen LogP contribution >= 0.6 is 0 Å². The molecule has 1 aromatic carbocycles. The van der Waals surface area contributed by atoms with Crippen molar-refractivity contribution in [2.45, 2.75) is 49.3 Å². The van der Waals surface area contributed by atoms with Crippen LogP contribution in [0.15, 0.2) is 30.3 Å². The summed E-state index contributed by atoms with van der Waals surface area (Å²) in [5.41, 5.74) is -1.16. The minimum Gasteiger partial charge on any atom is -0.461 e. The molecule has 23 heavy (non-hydrogen) atoms. The van der Waals surface area contributed by atoms with Crippen molar-refractivity contribution < 1.29 is 14.6 Å². The van der Waals surface area contributed by atoms with Gasteiger partial charge in [0.15, 0.2) is 0 Å². The number of fused-ring (bicyclic) bond motifs is 2. The number of aliphatic hydroxyl groups is 1. The van der Waals surface area contributed by atoms with E-state index in [1.165, 1.54) is 0 Å². The zero-order chi connectivity index (χ0) is 16.4. The Balaban J connectivity index is 1.77. The molecule has 2 aliphatic rings. The van der Waals surface area contributed by atoms with E-state index in [0.29, 0.717) is 17.6 Å². The van der Waals surface area contributed by atoms with E-state index in [4.69, 9.17) is 4.74 Å². The lowest BCUT2D eigenvalue weighted by Gasteiger charge is -2.37. The average Bonchev–Trinajstić information content (AvgIpc) is 2.79. The van der Waals surface area contributed by atoms with E-state index in [0.717, 1.165) is 25.7 Å². The largest absolute Gasteiger partial charge is 0.461 e. The fourth-order valence-electron chi connectivity index (χ4n) is 3.85. The molecule has 2 aliphatic heterocycles. The third-order valence-corrected chi connectivity index (χ3v) is 5.37. The van der Waals surface area contributed by atoms with Gasteiger partial charge in [-0.1, -0.05) is 30.3 Å². The van der Waals surface area contributed by atoms with Crippen molar-refractivity contribution in [3.63, 3.8) is 0 Å². The Hall–Kier alpha value is -1.90. The Morgan fingerprint density at radius 2 is 1.96 bits per heavy atom. The van der Waals surface area contributed by atoms with Gasteiger partial charge in [-0.3, -0.25) is 0 Å². The normalized spacial score (nSPS) is 29.5. The number of carbonyl (C=O) groups is 1. The summed E-state index contributed by atoms with van der Waals surface area (Å²) in [6.07, 6.45) is 3.72. The van der Waals surface area contributed by atoms with Gasteiger partial charge < -0.3 is 14.7 Å². The predicted octanol–water partition coefficient (Wildman–Crippen LogP) is 1.61. The highest BCUT2D eigenvalue weighted by Gasteiger charge is 2.46. The van der Waals surface area contributed by atoms with Crippen LogP contribution in [0.4, 0.5) is 0 Å². The minimum absolute atomic E-state index is 0.167.